The van der Waals surface area contributed by atoms with E-state index in [2.05, 4.69) is 0 Å². The summed E-state index contributed by atoms with van der Waals surface area (Å²) in [6.07, 6.45) is 0.286. The molecule has 0 aliphatic carbocycles. The molecule has 0 amide bonds. The molecular weight excluding hydrogens is 128 g/mol. The third-order valence-corrected chi connectivity index (χ3v) is 1.92. The van der Waals surface area contributed by atoms with E-state index >= 15 is 0 Å². The van der Waals surface area contributed by atoms with Crippen molar-refractivity contribution in [1.29, 1.82) is 0 Å². The lowest BCUT2D eigenvalue weighted by atomic mass is 10.2. The summed E-state index contributed by atoms with van der Waals surface area (Å²) < 4.78 is 10.5. The van der Waals surface area contributed by atoms with Gasteiger partial charge in [-0.15, -0.1) is 0 Å². The van der Waals surface area contributed by atoms with Gasteiger partial charge in [-0.25, -0.2) is 0 Å². The summed E-state index contributed by atoms with van der Waals surface area (Å²) in [5, 5.41) is 0. The minimum atomic E-state index is 0.0393. The molecule has 2 heterocycles. The average Bonchev–Trinajstić information content (AvgIpc) is 2.64. The lowest BCUT2D eigenvalue weighted by Gasteiger charge is -1.99. The van der Waals surface area contributed by atoms with Crippen LogP contribution in [0.5, 0.6) is 5.75 Å². The molecule has 1 fully saturated rings. The van der Waals surface area contributed by atoms with Gasteiger partial charge in [0.05, 0.1) is 0 Å². The van der Waals surface area contributed by atoms with Crippen molar-refractivity contribution in [1.82, 2.24) is 0 Å². The van der Waals surface area contributed by atoms with E-state index in [-0.39, 0.29) is 12.4 Å². The summed E-state index contributed by atoms with van der Waals surface area (Å²) in [6, 6.07) is 8.01. The number of epoxide rings is 1. The number of hydrogen-bond acceptors (Lipinski definition) is 2. The van der Waals surface area contributed by atoms with Crippen LogP contribution >= 0.6 is 0 Å². The highest BCUT2D eigenvalue weighted by atomic mass is 16.8. The second kappa shape index (κ2) is 1.35. The van der Waals surface area contributed by atoms with Crippen LogP contribution in [-0.2, 0) is 4.74 Å². The Hall–Kier alpha value is -1.02. The zero-order chi connectivity index (χ0) is 6.55. The van der Waals surface area contributed by atoms with Gasteiger partial charge in [-0.1, -0.05) is 18.2 Å². The molecule has 2 atom stereocenters. The Balaban J connectivity index is 2.22. The van der Waals surface area contributed by atoms with E-state index in [1.807, 2.05) is 24.3 Å². The minimum Gasteiger partial charge on any atom is -0.461 e. The van der Waals surface area contributed by atoms with Crippen LogP contribution in [0, 0.1) is 0 Å². The fourth-order valence-electron chi connectivity index (χ4n) is 1.36. The number of hydrogen-bond donors (Lipinski definition) is 0. The van der Waals surface area contributed by atoms with Crippen LogP contribution < -0.4 is 4.74 Å². The van der Waals surface area contributed by atoms with E-state index in [9.17, 15) is 0 Å². The zero-order valence-electron chi connectivity index (χ0n) is 5.28. The molecule has 0 radical (unpaired) electrons. The summed E-state index contributed by atoms with van der Waals surface area (Å²) in [7, 11) is 0. The summed E-state index contributed by atoms with van der Waals surface area (Å²) in [5.41, 5.74) is 1.20. The molecule has 2 nitrogen and oxygen atoms in total. The van der Waals surface area contributed by atoms with E-state index < -0.39 is 0 Å². The van der Waals surface area contributed by atoms with E-state index in [1.165, 1.54) is 5.56 Å². The maximum atomic E-state index is 5.36. The molecule has 1 aromatic carbocycles. The van der Waals surface area contributed by atoms with Crippen LogP contribution in [0.15, 0.2) is 24.3 Å². The van der Waals surface area contributed by atoms with Crippen LogP contribution in [0.3, 0.4) is 0 Å². The van der Waals surface area contributed by atoms with Crippen molar-refractivity contribution in [2.75, 3.05) is 0 Å². The van der Waals surface area contributed by atoms with Gasteiger partial charge in [-0.3, -0.25) is 0 Å². The predicted molar refractivity (Wildman–Crippen MR) is 34.7 cm³/mol. The Morgan fingerprint density at radius 3 is 3.00 bits per heavy atom. The van der Waals surface area contributed by atoms with Gasteiger partial charge >= 0.3 is 0 Å². The van der Waals surface area contributed by atoms with Gasteiger partial charge in [0.25, 0.3) is 0 Å². The lowest BCUT2D eigenvalue weighted by Crippen LogP contribution is -1.91. The highest BCUT2D eigenvalue weighted by Gasteiger charge is 2.49. The second-order valence-corrected chi connectivity index (χ2v) is 2.58. The Kier molecular flexibility index (Phi) is 0.640. The first kappa shape index (κ1) is 4.74. The third kappa shape index (κ3) is 0.434. The van der Waals surface area contributed by atoms with Crippen molar-refractivity contribution >= 4 is 0 Å². The minimum absolute atomic E-state index is 0.0393. The van der Waals surface area contributed by atoms with Crippen molar-refractivity contribution in [3.05, 3.63) is 29.8 Å². The molecule has 0 N–H and O–H groups in total. The molecule has 0 bridgehead atoms. The number of para-hydroxylation sites is 1. The first-order chi connectivity index (χ1) is 4.95. The molecule has 1 saturated heterocycles. The molecule has 0 aromatic heterocycles. The molecule has 0 spiro atoms. The first-order valence-corrected chi connectivity index (χ1v) is 3.36. The lowest BCUT2D eigenvalue weighted by molar-refractivity contribution is 0.171. The van der Waals surface area contributed by atoms with Crippen LogP contribution in [0.4, 0.5) is 0 Å². The van der Waals surface area contributed by atoms with Gasteiger partial charge < -0.3 is 9.47 Å². The molecular formula is C8H6O2. The molecule has 50 valence electrons. The summed E-state index contributed by atoms with van der Waals surface area (Å²) in [6.45, 7) is 0. The second-order valence-electron chi connectivity index (χ2n) is 2.58. The fourth-order valence-corrected chi connectivity index (χ4v) is 1.36. The quantitative estimate of drug-likeness (QED) is 0.501. The normalized spacial score (nSPS) is 32.4. The molecule has 2 aliphatic heterocycles. The highest BCUT2D eigenvalue weighted by molar-refractivity contribution is 5.41. The standard InChI is InChI=1S/C8H6O2/c1-2-4-6-5(3-1)7-8(9-6)10-7/h1-4,7-8H/t7-,8-/m1/s1. The number of benzene rings is 1. The highest BCUT2D eigenvalue weighted by Crippen LogP contribution is 2.50. The topological polar surface area (TPSA) is 21.8 Å². The SMILES string of the molecule is c1ccc2c(c1)O[C@@H]1O[C@H]21. The Morgan fingerprint density at radius 2 is 2.10 bits per heavy atom. The smallest absolute Gasteiger partial charge is 0.231 e. The van der Waals surface area contributed by atoms with Gasteiger partial charge in [0, 0.05) is 5.56 Å². The van der Waals surface area contributed by atoms with Gasteiger partial charge in [0.1, 0.15) is 5.75 Å². The molecule has 2 heteroatoms. The summed E-state index contributed by atoms with van der Waals surface area (Å²) in [4.78, 5) is 0. The fraction of sp³-hybridized carbons (Fsp3) is 0.250. The van der Waals surface area contributed by atoms with Crippen molar-refractivity contribution in [2.45, 2.75) is 12.4 Å². The van der Waals surface area contributed by atoms with Gasteiger partial charge in [0.2, 0.25) is 6.29 Å². The molecule has 0 saturated carbocycles. The Labute approximate surface area is 58.4 Å². The van der Waals surface area contributed by atoms with E-state index in [0.29, 0.717) is 0 Å². The largest absolute Gasteiger partial charge is 0.461 e. The molecule has 1 aromatic rings. The third-order valence-electron chi connectivity index (χ3n) is 1.92. The van der Waals surface area contributed by atoms with Gasteiger partial charge in [-0.2, -0.15) is 0 Å². The predicted octanol–water partition coefficient (Wildman–Crippen LogP) is 1.48. The zero-order valence-corrected chi connectivity index (χ0v) is 5.28. The van der Waals surface area contributed by atoms with E-state index in [1.54, 1.807) is 0 Å². The van der Waals surface area contributed by atoms with Gasteiger partial charge in [-0.05, 0) is 6.07 Å². The van der Waals surface area contributed by atoms with Crippen LogP contribution in [0.25, 0.3) is 0 Å². The van der Waals surface area contributed by atoms with Gasteiger partial charge in [0.15, 0.2) is 6.10 Å². The molecule has 2 aliphatic rings. The number of fused-ring (bicyclic) bond motifs is 3. The van der Waals surface area contributed by atoms with Crippen LogP contribution in [0.1, 0.15) is 11.7 Å². The molecule has 10 heavy (non-hydrogen) atoms. The molecule has 0 unspecified atom stereocenters. The number of rotatable bonds is 0. The van der Waals surface area contributed by atoms with Crippen LogP contribution in [0.2, 0.25) is 0 Å². The van der Waals surface area contributed by atoms with Crippen LogP contribution in [-0.4, -0.2) is 6.29 Å². The maximum Gasteiger partial charge on any atom is 0.231 e. The maximum absolute atomic E-state index is 5.36. The van der Waals surface area contributed by atoms with Crippen molar-refractivity contribution in [3.8, 4) is 5.75 Å². The van der Waals surface area contributed by atoms with Crippen molar-refractivity contribution < 1.29 is 9.47 Å². The average molecular weight is 134 g/mol. The summed E-state index contributed by atoms with van der Waals surface area (Å²) >= 11 is 0. The number of ether oxygens (including phenoxy) is 2. The summed E-state index contributed by atoms with van der Waals surface area (Å²) in [5.74, 6) is 0.990. The van der Waals surface area contributed by atoms with E-state index in [4.69, 9.17) is 9.47 Å². The van der Waals surface area contributed by atoms with Crippen molar-refractivity contribution in [3.63, 3.8) is 0 Å². The Bertz CT molecular complexity index is 282. The molecule has 3 rings (SSSR count). The monoisotopic (exact) mass is 134 g/mol. The van der Waals surface area contributed by atoms with Crippen molar-refractivity contribution in [2.24, 2.45) is 0 Å². The Morgan fingerprint density at radius 1 is 1.20 bits per heavy atom. The van der Waals surface area contributed by atoms with E-state index in [0.717, 1.165) is 5.75 Å². The first-order valence-electron chi connectivity index (χ1n) is 3.36.